The number of carbonyl (C=O) groups excluding carboxylic acids is 4. The molecule has 0 saturated heterocycles. The zero-order chi connectivity index (χ0) is 33.1. The number of primary amides is 1. The number of Topliss-reactive ketones (excluding diaryl/α,β-unsaturated/α-hetero) is 2. The van der Waals surface area contributed by atoms with E-state index in [0.717, 1.165) is 6.26 Å². The molecule has 1 heterocycles. The van der Waals surface area contributed by atoms with Crippen molar-refractivity contribution in [3.8, 4) is 5.75 Å². The van der Waals surface area contributed by atoms with Crippen LogP contribution in [-0.2, 0) is 46.4 Å². The summed E-state index contributed by atoms with van der Waals surface area (Å²) >= 11 is 0. The number of rotatable bonds is 8. The second kappa shape index (κ2) is 11.6. The molecule has 0 radical (unpaired) electrons. The summed E-state index contributed by atoms with van der Waals surface area (Å²) in [6.45, 7) is 1.72. The van der Waals surface area contributed by atoms with Crippen LogP contribution in [0.3, 0.4) is 0 Å². The Morgan fingerprint density at radius 2 is 1.89 bits per heavy atom. The van der Waals surface area contributed by atoms with E-state index in [1.54, 1.807) is 51.0 Å². The van der Waals surface area contributed by atoms with E-state index in [9.17, 15) is 39.6 Å². The summed E-state index contributed by atoms with van der Waals surface area (Å²) in [7, 11) is 6.73. The summed E-state index contributed by atoms with van der Waals surface area (Å²) in [6.07, 6.45) is -1.37. The lowest BCUT2D eigenvalue weighted by Crippen LogP contribution is -2.73. The molecule has 1 aliphatic heterocycles. The second-order valence-corrected chi connectivity index (χ2v) is 12.1. The van der Waals surface area contributed by atoms with Gasteiger partial charge in [-0.05, 0) is 51.4 Å². The lowest BCUT2D eigenvalue weighted by molar-refractivity contribution is -0.184. The number of ketones is 2. The van der Waals surface area contributed by atoms with E-state index in [4.69, 9.17) is 19.9 Å². The highest BCUT2D eigenvalue weighted by atomic mass is 16.7. The molecule has 1 amide bonds. The van der Waals surface area contributed by atoms with Gasteiger partial charge in [-0.1, -0.05) is 0 Å². The van der Waals surface area contributed by atoms with Crippen molar-refractivity contribution < 1.29 is 53.8 Å². The molecule has 0 spiro atoms. The Labute approximate surface area is 258 Å². The van der Waals surface area contributed by atoms with Crippen LogP contribution in [0, 0.1) is 17.8 Å². The largest absolute Gasteiger partial charge is 0.507 e. The first-order valence-electron chi connectivity index (χ1n) is 14.5. The van der Waals surface area contributed by atoms with Gasteiger partial charge in [0.15, 0.2) is 11.4 Å². The van der Waals surface area contributed by atoms with Crippen LogP contribution in [0.25, 0.3) is 5.76 Å². The molecule has 0 aromatic heterocycles. The number of aliphatic hydroxyl groups excluding tert-OH is 2. The van der Waals surface area contributed by atoms with Gasteiger partial charge in [-0.3, -0.25) is 14.4 Å². The lowest BCUT2D eigenvalue weighted by Gasteiger charge is -2.53. The maximum atomic E-state index is 14.1. The number of esters is 1. The number of ether oxygens (including phenoxy) is 3. The number of aromatic hydroxyl groups is 1. The Balaban J connectivity index is 1.53. The molecule has 2 fully saturated rings. The van der Waals surface area contributed by atoms with E-state index in [2.05, 4.69) is 5.32 Å². The lowest BCUT2D eigenvalue weighted by atomic mass is 9.54. The average Bonchev–Trinajstić information content (AvgIpc) is 3.43. The molecule has 4 unspecified atom stereocenters. The molecule has 5 rings (SSSR count). The van der Waals surface area contributed by atoms with Crippen LogP contribution in [0.2, 0.25) is 0 Å². The fourth-order valence-corrected chi connectivity index (χ4v) is 7.12. The first-order chi connectivity index (χ1) is 21.1. The van der Waals surface area contributed by atoms with Crippen molar-refractivity contribution >= 4 is 34.9 Å². The van der Waals surface area contributed by atoms with Gasteiger partial charge in [-0.2, -0.15) is 0 Å². The molecule has 15 nitrogen and oxygen atoms in total. The monoisotopic (exact) mass is 630 g/mol. The molecule has 45 heavy (non-hydrogen) atoms. The first-order valence-corrected chi connectivity index (χ1v) is 14.5. The van der Waals surface area contributed by atoms with Crippen molar-refractivity contribution in [1.82, 2.24) is 10.2 Å². The van der Waals surface area contributed by atoms with E-state index < -0.39 is 71.1 Å². The van der Waals surface area contributed by atoms with Crippen molar-refractivity contribution in [1.29, 1.82) is 0 Å². The molecule has 2 saturated carbocycles. The number of carbonyl (C=O) groups is 4. The number of fused-ring (bicyclic) bond motifs is 3. The third-order valence-corrected chi connectivity index (χ3v) is 9.09. The maximum absolute atomic E-state index is 14.1. The summed E-state index contributed by atoms with van der Waals surface area (Å²) in [5.41, 5.74) is 3.83. The Kier molecular flexibility index (Phi) is 8.33. The summed E-state index contributed by atoms with van der Waals surface area (Å²) in [4.78, 5) is 55.1. The van der Waals surface area contributed by atoms with Gasteiger partial charge < -0.3 is 50.2 Å². The number of aliphatic hydroxyl groups is 3. The summed E-state index contributed by atoms with van der Waals surface area (Å²) in [5.74, 6) is -8.94. The number of phenols is 1. The average molecular weight is 631 g/mol. The SMILES string of the molecule is CCOC(=O)C1=COC(NCc2cc(N(C)C)c3c(c2O)C(O)=C2C(=O)[C@@]4(O)C(=O)C(C(N)=O)C(O)C(N(C)C)[C@H]4C[C@H]2C3)O1. The molecule has 1 aromatic carbocycles. The predicted octanol–water partition coefficient (Wildman–Crippen LogP) is -0.980. The molecular weight excluding hydrogens is 592 g/mol. The van der Waals surface area contributed by atoms with Gasteiger partial charge in [-0.15, -0.1) is 0 Å². The van der Waals surface area contributed by atoms with Gasteiger partial charge in [0.2, 0.25) is 17.4 Å². The van der Waals surface area contributed by atoms with Gasteiger partial charge in [0.05, 0.1) is 18.3 Å². The third-order valence-electron chi connectivity index (χ3n) is 9.09. The maximum Gasteiger partial charge on any atom is 0.377 e. The Bertz CT molecular complexity index is 1520. The smallest absolute Gasteiger partial charge is 0.377 e. The van der Waals surface area contributed by atoms with Gasteiger partial charge in [0, 0.05) is 49.4 Å². The van der Waals surface area contributed by atoms with Crippen molar-refractivity contribution in [2.24, 2.45) is 23.5 Å². The number of amides is 1. The van der Waals surface area contributed by atoms with Crippen molar-refractivity contribution in [2.45, 2.75) is 50.5 Å². The Morgan fingerprint density at radius 1 is 1.20 bits per heavy atom. The molecule has 7 atom stereocenters. The van der Waals surface area contributed by atoms with Gasteiger partial charge in [-0.25, -0.2) is 10.1 Å². The molecule has 3 aliphatic carbocycles. The number of nitrogens with zero attached hydrogens (tertiary/aromatic N) is 2. The predicted molar refractivity (Wildman–Crippen MR) is 156 cm³/mol. The number of nitrogens with one attached hydrogen (secondary N) is 1. The molecule has 15 heteroatoms. The van der Waals surface area contributed by atoms with Crippen LogP contribution in [0.15, 0.2) is 23.7 Å². The number of hydrogen-bond acceptors (Lipinski definition) is 14. The van der Waals surface area contributed by atoms with Crippen LogP contribution in [0.4, 0.5) is 5.69 Å². The number of likely N-dealkylation sites (N-methyl/N-ethyl adjacent to an activating group) is 1. The second-order valence-electron chi connectivity index (χ2n) is 12.1. The minimum atomic E-state index is -2.74. The van der Waals surface area contributed by atoms with Gasteiger partial charge in [0.1, 0.15) is 23.7 Å². The molecule has 4 aliphatic rings. The Morgan fingerprint density at radius 3 is 2.49 bits per heavy atom. The van der Waals surface area contributed by atoms with Crippen LogP contribution in [0.1, 0.15) is 30.0 Å². The van der Waals surface area contributed by atoms with Crippen molar-refractivity contribution in [2.75, 3.05) is 39.7 Å². The van der Waals surface area contributed by atoms with E-state index in [1.807, 2.05) is 0 Å². The summed E-state index contributed by atoms with van der Waals surface area (Å²) < 4.78 is 15.6. The first kappa shape index (κ1) is 32.2. The van der Waals surface area contributed by atoms with Crippen LogP contribution >= 0.6 is 0 Å². The summed E-state index contributed by atoms with van der Waals surface area (Å²) in [5, 5.41) is 48.8. The molecule has 244 valence electrons. The van der Waals surface area contributed by atoms with Gasteiger partial charge in [0.25, 0.3) is 0 Å². The van der Waals surface area contributed by atoms with E-state index >= 15 is 0 Å². The number of phenolic OH excluding ortho intramolecular Hbond substituents is 1. The molecule has 7 N–H and O–H groups in total. The molecule has 1 aromatic rings. The number of nitrogens with two attached hydrogens (primary N) is 1. The third kappa shape index (κ3) is 4.99. The van der Waals surface area contributed by atoms with E-state index in [-0.39, 0.29) is 54.2 Å². The Hall–Kier alpha value is -4.18. The topological polar surface area (TPSA) is 221 Å². The zero-order valence-electron chi connectivity index (χ0n) is 25.6. The normalized spacial score (nSPS) is 30.5. The highest BCUT2D eigenvalue weighted by Gasteiger charge is 2.67. The van der Waals surface area contributed by atoms with E-state index in [1.165, 1.54) is 0 Å². The van der Waals surface area contributed by atoms with Gasteiger partial charge >= 0.3 is 12.4 Å². The zero-order valence-corrected chi connectivity index (χ0v) is 25.6. The fourth-order valence-electron chi connectivity index (χ4n) is 7.12. The minimum absolute atomic E-state index is 0.0152. The summed E-state index contributed by atoms with van der Waals surface area (Å²) in [6, 6.07) is 0.719. The van der Waals surface area contributed by atoms with Crippen LogP contribution < -0.4 is 16.0 Å². The number of anilines is 1. The molecule has 0 bridgehead atoms. The van der Waals surface area contributed by atoms with Crippen molar-refractivity contribution in [3.05, 3.63) is 40.4 Å². The van der Waals surface area contributed by atoms with Crippen LogP contribution in [0.5, 0.6) is 5.75 Å². The standard InChI is InChI=1S/C30H38N4O11/c1-6-43-28(41)17-11-44-29(45-17)32-10-13-9-16(33(2)3)14-7-12-8-15-21(34(4)5)24(37)20(27(31)40)26(39)30(15,42)25(38)18(12)23(36)19(14)22(13)35/h9,11-12,15,20-21,24,29,32,35-37,42H,6-8,10H2,1-5H3,(H2,31,40)/t12-,15-,20?,21?,24?,29?,30-/m1/s1. The highest BCUT2D eigenvalue weighted by Crippen LogP contribution is 2.53. The minimum Gasteiger partial charge on any atom is -0.507 e. The number of hydrogen-bond donors (Lipinski definition) is 6. The fraction of sp³-hybridized carbons (Fsp3) is 0.533. The molecular formula is C30H38N4O11. The van der Waals surface area contributed by atoms with Crippen molar-refractivity contribution in [3.63, 3.8) is 0 Å². The van der Waals surface area contributed by atoms with E-state index in [0.29, 0.717) is 11.3 Å². The quantitative estimate of drug-likeness (QED) is 0.150. The van der Waals surface area contributed by atoms with Crippen LogP contribution in [-0.4, -0.2) is 108 Å². The highest BCUT2D eigenvalue weighted by molar-refractivity contribution is 6.25. The number of benzene rings is 1.